The molecular weight excluding hydrogens is 180 g/mol. The van der Waals surface area contributed by atoms with Gasteiger partial charge in [0.2, 0.25) is 0 Å². The summed E-state index contributed by atoms with van der Waals surface area (Å²) in [6, 6.07) is 0.338. The number of nitrogens with two attached hydrogens (primary N) is 1. The van der Waals surface area contributed by atoms with Gasteiger partial charge in [0.25, 0.3) is 6.02 Å². The Morgan fingerprint density at radius 1 is 1.57 bits per heavy atom. The van der Waals surface area contributed by atoms with Crippen LogP contribution in [0.25, 0.3) is 0 Å². The minimum absolute atomic E-state index is 0.0598. The molecule has 80 valence electrons. The molecule has 2 aliphatic heterocycles. The highest BCUT2D eigenvalue weighted by Crippen LogP contribution is 2.38. The Kier molecular flexibility index (Phi) is 2.18. The second-order valence-electron chi connectivity index (χ2n) is 4.54. The maximum Gasteiger partial charge on any atom is 0.282 e. The number of rotatable bonds is 1. The minimum Gasteiger partial charge on any atom is -0.463 e. The molecule has 2 aliphatic rings. The number of aliphatic imine (C=N–C) groups is 1. The Bertz CT molecular complexity index is 267. The predicted octanol–water partition coefficient (Wildman–Crippen LogP) is 1.05. The van der Waals surface area contributed by atoms with Crippen molar-refractivity contribution < 1.29 is 9.47 Å². The summed E-state index contributed by atoms with van der Waals surface area (Å²) in [5, 5.41) is 0. The molecule has 14 heavy (non-hydrogen) atoms. The molecule has 2 atom stereocenters. The lowest BCUT2D eigenvalue weighted by molar-refractivity contribution is -0.0961. The summed E-state index contributed by atoms with van der Waals surface area (Å²) in [5.74, 6) is 0. The molecule has 0 amide bonds. The van der Waals surface area contributed by atoms with Gasteiger partial charge in [-0.1, -0.05) is 6.92 Å². The van der Waals surface area contributed by atoms with Crippen molar-refractivity contribution in [2.75, 3.05) is 13.2 Å². The van der Waals surface area contributed by atoms with E-state index in [2.05, 4.69) is 18.8 Å². The average molecular weight is 198 g/mol. The number of hydrogen-bond acceptors (Lipinski definition) is 4. The Morgan fingerprint density at radius 2 is 2.36 bits per heavy atom. The number of nitrogens with zero attached hydrogens (tertiary/aromatic N) is 1. The molecule has 0 aromatic carbocycles. The number of hydrogen-bond donors (Lipinski definition) is 1. The van der Waals surface area contributed by atoms with Crippen LogP contribution in [0.5, 0.6) is 0 Å². The Labute approximate surface area is 84.5 Å². The van der Waals surface area contributed by atoms with Gasteiger partial charge in [-0.25, -0.2) is 4.99 Å². The van der Waals surface area contributed by atoms with Crippen LogP contribution < -0.4 is 5.73 Å². The van der Waals surface area contributed by atoms with Gasteiger partial charge in [-0.05, 0) is 19.8 Å². The zero-order valence-corrected chi connectivity index (χ0v) is 8.88. The highest BCUT2D eigenvalue weighted by Gasteiger charge is 2.45. The molecular formula is C10H18N2O2. The van der Waals surface area contributed by atoms with Gasteiger partial charge in [0.15, 0.2) is 0 Å². The van der Waals surface area contributed by atoms with Crippen molar-refractivity contribution >= 4 is 6.02 Å². The first-order valence-corrected chi connectivity index (χ1v) is 5.20. The van der Waals surface area contributed by atoms with E-state index in [0.717, 1.165) is 25.9 Å². The molecule has 2 heterocycles. The second-order valence-corrected chi connectivity index (χ2v) is 4.54. The fourth-order valence-electron chi connectivity index (χ4n) is 2.28. The molecule has 0 aromatic rings. The molecule has 1 fully saturated rings. The van der Waals surface area contributed by atoms with E-state index in [0.29, 0.717) is 12.6 Å². The van der Waals surface area contributed by atoms with Crippen LogP contribution in [0.1, 0.15) is 33.1 Å². The summed E-state index contributed by atoms with van der Waals surface area (Å²) < 4.78 is 11.0. The van der Waals surface area contributed by atoms with Crippen molar-refractivity contribution in [1.29, 1.82) is 0 Å². The van der Waals surface area contributed by atoms with Crippen molar-refractivity contribution in [3.8, 4) is 0 Å². The summed E-state index contributed by atoms with van der Waals surface area (Å²) >= 11 is 0. The molecule has 0 aromatic heterocycles. The van der Waals surface area contributed by atoms with Gasteiger partial charge < -0.3 is 15.2 Å². The summed E-state index contributed by atoms with van der Waals surface area (Å²) in [6.45, 7) is 5.65. The van der Waals surface area contributed by atoms with E-state index in [4.69, 9.17) is 15.2 Å². The van der Waals surface area contributed by atoms with Crippen molar-refractivity contribution in [2.45, 2.75) is 44.2 Å². The van der Waals surface area contributed by atoms with Gasteiger partial charge >= 0.3 is 0 Å². The number of amidine groups is 1. The van der Waals surface area contributed by atoms with E-state index >= 15 is 0 Å². The van der Waals surface area contributed by atoms with Crippen LogP contribution >= 0.6 is 0 Å². The lowest BCUT2D eigenvalue weighted by atomic mass is 9.80. The third kappa shape index (κ3) is 1.59. The van der Waals surface area contributed by atoms with Crippen molar-refractivity contribution in [1.82, 2.24) is 0 Å². The zero-order chi connectivity index (χ0) is 10.2. The number of ether oxygens (including phenoxy) is 2. The van der Waals surface area contributed by atoms with Gasteiger partial charge in [0, 0.05) is 13.0 Å². The lowest BCUT2D eigenvalue weighted by Crippen LogP contribution is -2.47. The van der Waals surface area contributed by atoms with Crippen LogP contribution in [0.4, 0.5) is 0 Å². The standard InChI is InChI=1S/C10H18N2O2/c1-3-9(2)6-10(4-5-14-9)7-13-8(11)12-10/h3-7H2,1-2H3,(H2,11,12). The smallest absolute Gasteiger partial charge is 0.282 e. The lowest BCUT2D eigenvalue weighted by Gasteiger charge is -2.41. The molecule has 2 rings (SSSR count). The largest absolute Gasteiger partial charge is 0.463 e. The monoisotopic (exact) mass is 198 g/mol. The van der Waals surface area contributed by atoms with Crippen molar-refractivity contribution in [2.24, 2.45) is 10.7 Å². The Hall–Kier alpha value is -0.770. The topological polar surface area (TPSA) is 56.8 Å². The molecule has 1 spiro atoms. The van der Waals surface area contributed by atoms with E-state index in [1.165, 1.54) is 0 Å². The van der Waals surface area contributed by atoms with Gasteiger partial charge in [-0.15, -0.1) is 0 Å². The Balaban J connectivity index is 2.15. The van der Waals surface area contributed by atoms with Gasteiger partial charge in [-0.2, -0.15) is 0 Å². The van der Waals surface area contributed by atoms with Gasteiger partial charge in [0.05, 0.1) is 5.60 Å². The minimum atomic E-state index is -0.104. The van der Waals surface area contributed by atoms with Crippen LogP contribution in [0, 0.1) is 0 Å². The molecule has 0 bridgehead atoms. The maximum absolute atomic E-state index is 5.77. The molecule has 0 radical (unpaired) electrons. The fourth-order valence-corrected chi connectivity index (χ4v) is 2.28. The van der Waals surface area contributed by atoms with E-state index in [1.54, 1.807) is 0 Å². The van der Waals surface area contributed by atoms with Crippen LogP contribution in [-0.4, -0.2) is 30.4 Å². The van der Waals surface area contributed by atoms with E-state index in [9.17, 15) is 0 Å². The first-order chi connectivity index (χ1) is 6.58. The van der Waals surface area contributed by atoms with Crippen LogP contribution in [0.15, 0.2) is 4.99 Å². The molecule has 2 unspecified atom stereocenters. The van der Waals surface area contributed by atoms with Crippen molar-refractivity contribution in [3.63, 3.8) is 0 Å². The SMILES string of the molecule is CCC1(C)CC2(CCO1)COC(N)=N2. The molecule has 2 N–H and O–H groups in total. The summed E-state index contributed by atoms with van der Waals surface area (Å²) in [5.41, 5.74) is 5.39. The molecule has 4 heteroatoms. The average Bonchev–Trinajstić information content (AvgIpc) is 2.47. The summed E-state index contributed by atoms with van der Waals surface area (Å²) in [6.07, 6.45) is 2.84. The zero-order valence-electron chi connectivity index (χ0n) is 8.88. The third-order valence-electron chi connectivity index (χ3n) is 3.30. The molecule has 1 saturated heterocycles. The summed E-state index contributed by atoms with van der Waals surface area (Å²) in [7, 11) is 0. The van der Waals surface area contributed by atoms with Gasteiger partial charge in [-0.3, -0.25) is 0 Å². The van der Waals surface area contributed by atoms with Crippen LogP contribution in [0.3, 0.4) is 0 Å². The highest BCUT2D eigenvalue weighted by molar-refractivity contribution is 5.73. The van der Waals surface area contributed by atoms with E-state index < -0.39 is 0 Å². The molecule has 0 saturated carbocycles. The Morgan fingerprint density at radius 3 is 2.93 bits per heavy atom. The van der Waals surface area contributed by atoms with E-state index in [1.807, 2.05) is 0 Å². The van der Waals surface area contributed by atoms with Crippen LogP contribution in [0.2, 0.25) is 0 Å². The second kappa shape index (κ2) is 3.12. The molecule has 4 nitrogen and oxygen atoms in total. The maximum atomic E-state index is 5.77. The van der Waals surface area contributed by atoms with Gasteiger partial charge in [0.1, 0.15) is 12.1 Å². The highest BCUT2D eigenvalue weighted by atomic mass is 16.5. The van der Waals surface area contributed by atoms with E-state index in [-0.39, 0.29) is 11.1 Å². The first-order valence-electron chi connectivity index (χ1n) is 5.20. The molecule has 0 aliphatic carbocycles. The van der Waals surface area contributed by atoms with Crippen LogP contribution in [-0.2, 0) is 9.47 Å². The normalized spacial score (nSPS) is 42.3. The first kappa shape index (κ1) is 9.77. The quantitative estimate of drug-likeness (QED) is 0.685. The summed E-state index contributed by atoms with van der Waals surface area (Å²) in [4.78, 5) is 4.42. The predicted molar refractivity (Wildman–Crippen MR) is 54.2 cm³/mol. The van der Waals surface area contributed by atoms with Crippen molar-refractivity contribution in [3.05, 3.63) is 0 Å². The third-order valence-corrected chi connectivity index (χ3v) is 3.30. The fraction of sp³-hybridized carbons (Fsp3) is 0.900.